The minimum Gasteiger partial charge on any atom is -0.350 e. The van der Waals surface area contributed by atoms with Crippen LogP contribution in [-0.4, -0.2) is 37.0 Å². The fourth-order valence-corrected chi connectivity index (χ4v) is 3.32. The summed E-state index contributed by atoms with van der Waals surface area (Å²) in [7, 11) is 0. The first-order chi connectivity index (χ1) is 10.1. The molecule has 0 radical (unpaired) electrons. The molecule has 2 atom stereocenters. The van der Waals surface area contributed by atoms with Crippen LogP contribution in [0.4, 0.5) is 0 Å². The molecule has 1 aliphatic heterocycles. The predicted octanol–water partition coefficient (Wildman–Crippen LogP) is 1.33. The third-order valence-electron chi connectivity index (χ3n) is 4.61. The quantitative estimate of drug-likeness (QED) is 0.716. The fourth-order valence-electron chi connectivity index (χ4n) is 3.32. The van der Waals surface area contributed by atoms with Gasteiger partial charge in [0, 0.05) is 19.0 Å². The van der Waals surface area contributed by atoms with Gasteiger partial charge in [-0.25, -0.2) is 0 Å². The van der Waals surface area contributed by atoms with Crippen molar-refractivity contribution in [1.29, 1.82) is 0 Å². The van der Waals surface area contributed by atoms with E-state index in [0.29, 0.717) is 12.3 Å². The Labute approximate surface area is 127 Å². The molecule has 1 heterocycles. The van der Waals surface area contributed by atoms with Gasteiger partial charge in [-0.05, 0) is 45.1 Å². The molecule has 21 heavy (non-hydrogen) atoms. The van der Waals surface area contributed by atoms with E-state index in [1.165, 1.54) is 19.3 Å². The van der Waals surface area contributed by atoms with Crippen LogP contribution >= 0.6 is 0 Å². The predicted molar refractivity (Wildman–Crippen MR) is 82.8 cm³/mol. The Hall–Kier alpha value is -1.10. The molecular formula is C16H29N3O2. The molecule has 5 nitrogen and oxygen atoms in total. The molecule has 0 aromatic heterocycles. The minimum absolute atomic E-state index is 0.0197. The highest BCUT2D eigenvalue weighted by Gasteiger charge is 2.22. The SMILES string of the molecule is CC(NC(=O)CC1CCCCC1)C(=O)NC1CCCNC1. The van der Waals surface area contributed by atoms with Crippen LogP contribution in [-0.2, 0) is 9.59 Å². The van der Waals surface area contributed by atoms with Crippen LogP contribution in [0, 0.1) is 5.92 Å². The highest BCUT2D eigenvalue weighted by Crippen LogP contribution is 2.26. The molecule has 120 valence electrons. The van der Waals surface area contributed by atoms with Gasteiger partial charge in [0.15, 0.2) is 0 Å². The normalized spacial score (nSPS) is 25.1. The van der Waals surface area contributed by atoms with E-state index >= 15 is 0 Å². The van der Waals surface area contributed by atoms with E-state index in [-0.39, 0.29) is 17.9 Å². The van der Waals surface area contributed by atoms with Crippen molar-refractivity contribution < 1.29 is 9.59 Å². The van der Waals surface area contributed by atoms with Gasteiger partial charge < -0.3 is 16.0 Å². The van der Waals surface area contributed by atoms with Gasteiger partial charge in [0.05, 0.1) is 0 Å². The minimum atomic E-state index is -0.442. The van der Waals surface area contributed by atoms with E-state index in [4.69, 9.17) is 0 Å². The van der Waals surface area contributed by atoms with Crippen LogP contribution in [0.25, 0.3) is 0 Å². The summed E-state index contributed by atoms with van der Waals surface area (Å²) in [4.78, 5) is 24.1. The maximum Gasteiger partial charge on any atom is 0.242 e. The molecule has 3 N–H and O–H groups in total. The lowest BCUT2D eigenvalue weighted by molar-refractivity contribution is -0.129. The summed E-state index contributed by atoms with van der Waals surface area (Å²) >= 11 is 0. The van der Waals surface area contributed by atoms with E-state index in [0.717, 1.165) is 38.8 Å². The number of rotatable bonds is 5. The summed E-state index contributed by atoms with van der Waals surface area (Å²) < 4.78 is 0. The number of amides is 2. The number of nitrogens with one attached hydrogen (secondary N) is 3. The van der Waals surface area contributed by atoms with Crippen molar-refractivity contribution in [2.24, 2.45) is 5.92 Å². The molecule has 2 unspecified atom stereocenters. The van der Waals surface area contributed by atoms with Crippen molar-refractivity contribution in [3.8, 4) is 0 Å². The van der Waals surface area contributed by atoms with Crippen LogP contribution in [0.15, 0.2) is 0 Å². The first kappa shape index (κ1) is 16.3. The van der Waals surface area contributed by atoms with Crippen LogP contribution in [0.1, 0.15) is 58.3 Å². The maximum atomic E-state index is 12.1. The number of hydrogen-bond donors (Lipinski definition) is 3. The van der Waals surface area contributed by atoms with Gasteiger partial charge in [-0.2, -0.15) is 0 Å². The van der Waals surface area contributed by atoms with Gasteiger partial charge in [0.1, 0.15) is 6.04 Å². The van der Waals surface area contributed by atoms with Gasteiger partial charge in [0.25, 0.3) is 0 Å². The first-order valence-electron chi connectivity index (χ1n) is 8.45. The van der Waals surface area contributed by atoms with Crippen LogP contribution in [0.3, 0.4) is 0 Å². The Morgan fingerprint density at radius 3 is 2.57 bits per heavy atom. The van der Waals surface area contributed by atoms with Crippen molar-refractivity contribution in [2.45, 2.75) is 70.4 Å². The van der Waals surface area contributed by atoms with E-state index < -0.39 is 6.04 Å². The molecule has 2 fully saturated rings. The van der Waals surface area contributed by atoms with Gasteiger partial charge in [-0.15, -0.1) is 0 Å². The van der Waals surface area contributed by atoms with Gasteiger partial charge >= 0.3 is 0 Å². The number of hydrogen-bond acceptors (Lipinski definition) is 3. The summed E-state index contributed by atoms with van der Waals surface area (Å²) in [5, 5.41) is 9.13. The summed E-state index contributed by atoms with van der Waals surface area (Å²) in [6.07, 6.45) is 8.76. The molecule has 1 aliphatic carbocycles. The lowest BCUT2D eigenvalue weighted by Crippen LogP contribution is -2.52. The summed E-state index contributed by atoms with van der Waals surface area (Å²) in [6.45, 7) is 3.62. The lowest BCUT2D eigenvalue weighted by atomic mass is 9.87. The molecule has 0 bridgehead atoms. The van der Waals surface area contributed by atoms with Gasteiger partial charge in [0.2, 0.25) is 11.8 Å². The van der Waals surface area contributed by atoms with Crippen molar-refractivity contribution in [3.05, 3.63) is 0 Å². The Morgan fingerprint density at radius 1 is 1.14 bits per heavy atom. The summed E-state index contributed by atoms with van der Waals surface area (Å²) in [6, 6.07) is -0.244. The van der Waals surface area contributed by atoms with Crippen molar-refractivity contribution in [2.75, 3.05) is 13.1 Å². The third kappa shape index (κ3) is 5.65. The molecule has 2 aliphatic rings. The van der Waals surface area contributed by atoms with Gasteiger partial charge in [-0.1, -0.05) is 19.3 Å². The largest absolute Gasteiger partial charge is 0.350 e. The standard InChI is InChI=1S/C16H29N3O2/c1-12(16(21)19-14-8-5-9-17-11-14)18-15(20)10-13-6-3-2-4-7-13/h12-14,17H,2-11H2,1H3,(H,18,20)(H,19,21). The average molecular weight is 295 g/mol. The Kier molecular flexibility index (Phi) is 6.49. The van der Waals surface area contributed by atoms with Crippen LogP contribution in [0.5, 0.6) is 0 Å². The molecule has 0 aromatic rings. The number of carbonyl (C=O) groups is 2. The summed E-state index contributed by atoms with van der Waals surface area (Å²) in [5.74, 6) is 0.462. The van der Waals surface area contributed by atoms with Crippen molar-refractivity contribution >= 4 is 11.8 Å². The zero-order valence-electron chi connectivity index (χ0n) is 13.1. The highest BCUT2D eigenvalue weighted by atomic mass is 16.2. The fraction of sp³-hybridized carbons (Fsp3) is 0.875. The molecule has 1 saturated carbocycles. The number of piperidine rings is 1. The average Bonchev–Trinajstić information content (AvgIpc) is 2.49. The van der Waals surface area contributed by atoms with E-state index in [2.05, 4.69) is 16.0 Å². The lowest BCUT2D eigenvalue weighted by Gasteiger charge is -2.26. The van der Waals surface area contributed by atoms with Crippen LogP contribution in [0.2, 0.25) is 0 Å². The molecule has 1 saturated heterocycles. The van der Waals surface area contributed by atoms with Crippen molar-refractivity contribution in [3.63, 3.8) is 0 Å². The van der Waals surface area contributed by atoms with E-state index in [9.17, 15) is 9.59 Å². The molecular weight excluding hydrogens is 266 g/mol. The molecule has 0 spiro atoms. The Balaban J connectivity index is 1.67. The summed E-state index contributed by atoms with van der Waals surface area (Å²) in [5.41, 5.74) is 0. The van der Waals surface area contributed by atoms with Crippen LogP contribution < -0.4 is 16.0 Å². The van der Waals surface area contributed by atoms with E-state index in [1.54, 1.807) is 6.92 Å². The Morgan fingerprint density at radius 2 is 1.90 bits per heavy atom. The first-order valence-corrected chi connectivity index (χ1v) is 8.45. The van der Waals surface area contributed by atoms with Crippen molar-refractivity contribution in [1.82, 2.24) is 16.0 Å². The monoisotopic (exact) mass is 295 g/mol. The topological polar surface area (TPSA) is 70.2 Å². The Bertz CT molecular complexity index is 347. The highest BCUT2D eigenvalue weighted by molar-refractivity contribution is 5.87. The third-order valence-corrected chi connectivity index (χ3v) is 4.61. The van der Waals surface area contributed by atoms with E-state index in [1.807, 2.05) is 0 Å². The second-order valence-electron chi connectivity index (χ2n) is 6.55. The molecule has 5 heteroatoms. The maximum absolute atomic E-state index is 12.1. The molecule has 2 amide bonds. The second-order valence-corrected chi connectivity index (χ2v) is 6.55. The second kappa shape index (κ2) is 8.37. The zero-order valence-corrected chi connectivity index (χ0v) is 13.1. The zero-order chi connectivity index (χ0) is 15.1. The van der Waals surface area contributed by atoms with Gasteiger partial charge in [-0.3, -0.25) is 9.59 Å². The molecule has 0 aromatic carbocycles. The molecule has 2 rings (SSSR count). The number of carbonyl (C=O) groups excluding carboxylic acids is 2. The smallest absolute Gasteiger partial charge is 0.242 e.